The lowest BCUT2D eigenvalue weighted by Gasteiger charge is -2.37. The van der Waals surface area contributed by atoms with Crippen molar-refractivity contribution < 1.29 is 4.79 Å². The van der Waals surface area contributed by atoms with E-state index in [2.05, 4.69) is 6.07 Å². The van der Waals surface area contributed by atoms with Gasteiger partial charge in [-0.25, -0.2) is 0 Å². The van der Waals surface area contributed by atoms with E-state index in [0.29, 0.717) is 12.0 Å². The number of nitrogens with two attached hydrogens (primary N) is 1. The molecule has 0 fully saturated rings. The highest BCUT2D eigenvalue weighted by molar-refractivity contribution is 6.01. The summed E-state index contributed by atoms with van der Waals surface area (Å²) in [6, 6.07) is 16.7. The molecule has 2 aromatic rings. The number of fused-ring (bicyclic) bond motifs is 1. The highest BCUT2D eigenvalue weighted by Crippen LogP contribution is 2.35. The Hall–Kier alpha value is -2.64. The minimum absolute atomic E-state index is 0.0982. The van der Waals surface area contributed by atoms with Crippen molar-refractivity contribution in [3.63, 3.8) is 0 Å². The van der Waals surface area contributed by atoms with E-state index in [1.165, 1.54) is 0 Å². The molecule has 2 atom stereocenters. The average Bonchev–Trinajstić information content (AvgIpc) is 2.56. The number of anilines is 1. The fourth-order valence-electron chi connectivity index (χ4n) is 2.93. The van der Waals surface area contributed by atoms with Crippen LogP contribution < -0.4 is 10.6 Å². The third kappa shape index (κ3) is 2.36. The lowest BCUT2D eigenvalue weighted by atomic mass is 9.93. The summed E-state index contributed by atoms with van der Waals surface area (Å²) in [5.41, 5.74) is 9.40. The van der Waals surface area contributed by atoms with Crippen LogP contribution in [0.15, 0.2) is 48.5 Å². The second-order valence-electron chi connectivity index (χ2n) is 5.56. The van der Waals surface area contributed by atoms with Crippen molar-refractivity contribution in [3.05, 3.63) is 65.2 Å². The number of hydrogen-bond donors (Lipinski definition) is 1. The molecule has 0 saturated heterocycles. The van der Waals surface area contributed by atoms with Gasteiger partial charge in [0.25, 0.3) is 0 Å². The average molecular weight is 291 g/mol. The first-order valence-corrected chi connectivity index (χ1v) is 7.28. The zero-order valence-electron chi connectivity index (χ0n) is 12.4. The molecule has 2 N–H and O–H groups in total. The molecule has 0 aliphatic carbocycles. The Morgan fingerprint density at radius 1 is 1.27 bits per heavy atom. The van der Waals surface area contributed by atoms with E-state index >= 15 is 0 Å². The lowest BCUT2D eigenvalue weighted by Crippen LogP contribution is -2.49. The van der Waals surface area contributed by atoms with E-state index in [1.807, 2.05) is 43.3 Å². The molecular formula is C18H17N3O. The van der Waals surface area contributed by atoms with E-state index in [0.717, 1.165) is 16.8 Å². The molecule has 1 aliphatic rings. The molecular weight excluding hydrogens is 274 g/mol. The normalized spacial score (nSPS) is 18.5. The number of nitriles is 1. The van der Waals surface area contributed by atoms with Gasteiger partial charge in [0.1, 0.15) is 0 Å². The number of nitrogens with zero attached hydrogens (tertiary/aromatic N) is 2. The number of rotatable bonds is 2. The summed E-state index contributed by atoms with van der Waals surface area (Å²) in [4.78, 5) is 14.3. The summed E-state index contributed by atoms with van der Waals surface area (Å²) in [5.74, 6) is -0.0982. The fourth-order valence-corrected chi connectivity index (χ4v) is 2.93. The molecule has 1 aliphatic heterocycles. The molecule has 4 nitrogen and oxygen atoms in total. The van der Waals surface area contributed by atoms with Crippen molar-refractivity contribution in [2.24, 2.45) is 5.73 Å². The number of amides is 1. The molecule has 2 aromatic carbocycles. The van der Waals surface area contributed by atoms with Gasteiger partial charge in [-0.1, -0.05) is 36.4 Å². The Balaban J connectivity index is 2.10. The van der Waals surface area contributed by atoms with Crippen molar-refractivity contribution in [2.75, 3.05) is 4.90 Å². The predicted octanol–water partition coefficient (Wildman–Crippen LogP) is 2.54. The van der Waals surface area contributed by atoms with Crippen LogP contribution in [-0.4, -0.2) is 11.9 Å². The van der Waals surface area contributed by atoms with Crippen LogP contribution in [-0.2, 0) is 11.2 Å². The number of hydrogen-bond acceptors (Lipinski definition) is 3. The summed E-state index contributed by atoms with van der Waals surface area (Å²) in [5, 5.41) is 9.12. The van der Waals surface area contributed by atoms with Gasteiger partial charge in [-0.3, -0.25) is 4.79 Å². The molecule has 0 spiro atoms. The van der Waals surface area contributed by atoms with Crippen LogP contribution in [0.5, 0.6) is 0 Å². The van der Waals surface area contributed by atoms with Gasteiger partial charge in [0.2, 0.25) is 5.91 Å². The molecule has 0 radical (unpaired) electrons. The molecule has 4 heteroatoms. The maximum absolute atomic E-state index is 12.6. The summed E-state index contributed by atoms with van der Waals surface area (Å²) < 4.78 is 0. The predicted molar refractivity (Wildman–Crippen MR) is 85.2 cm³/mol. The number of carbonyl (C=O) groups is 1. The topological polar surface area (TPSA) is 70.1 Å². The quantitative estimate of drug-likeness (QED) is 0.924. The van der Waals surface area contributed by atoms with E-state index in [-0.39, 0.29) is 11.9 Å². The SMILES string of the molecule is C[C@@H](c1ccccc1)N1C(=O)[C@H](N)Cc2ccc(C#N)cc21. The molecule has 0 saturated carbocycles. The van der Waals surface area contributed by atoms with Gasteiger partial charge in [-0.15, -0.1) is 0 Å². The molecule has 22 heavy (non-hydrogen) atoms. The minimum atomic E-state index is -0.536. The van der Waals surface area contributed by atoms with Crippen LogP contribution in [0.4, 0.5) is 5.69 Å². The smallest absolute Gasteiger partial charge is 0.244 e. The van der Waals surface area contributed by atoms with E-state index in [1.54, 1.807) is 17.0 Å². The van der Waals surface area contributed by atoms with Gasteiger partial charge in [0.15, 0.2) is 0 Å². The van der Waals surface area contributed by atoms with E-state index in [4.69, 9.17) is 11.0 Å². The number of benzene rings is 2. The molecule has 0 aromatic heterocycles. The second-order valence-corrected chi connectivity index (χ2v) is 5.56. The zero-order valence-corrected chi connectivity index (χ0v) is 12.4. The highest BCUT2D eigenvalue weighted by Gasteiger charge is 2.34. The standard InChI is InChI=1S/C18H17N3O/c1-12(14-5-3-2-4-6-14)21-17-9-13(11-19)7-8-15(17)10-16(20)18(21)22/h2-9,12,16H,10,20H2,1H3/t12-,16+/m0/s1. The van der Waals surface area contributed by atoms with Gasteiger partial charge >= 0.3 is 0 Å². The van der Waals surface area contributed by atoms with E-state index < -0.39 is 6.04 Å². The van der Waals surface area contributed by atoms with E-state index in [9.17, 15) is 4.79 Å². The van der Waals surface area contributed by atoms with Gasteiger partial charge < -0.3 is 10.6 Å². The van der Waals surface area contributed by atoms with Crippen LogP contribution in [0.2, 0.25) is 0 Å². The van der Waals surface area contributed by atoms with Crippen LogP contribution in [0, 0.1) is 11.3 Å². The number of carbonyl (C=O) groups excluding carboxylic acids is 1. The van der Waals surface area contributed by atoms with Crippen LogP contribution in [0.1, 0.15) is 29.7 Å². The largest absolute Gasteiger partial charge is 0.320 e. The monoisotopic (exact) mass is 291 g/mol. The molecule has 1 heterocycles. The molecule has 3 rings (SSSR count). The van der Waals surface area contributed by atoms with Crippen molar-refractivity contribution in [3.8, 4) is 6.07 Å². The Morgan fingerprint density at radius 2 is 2.00 bits per heavy atom. The lowest BCUT2D eigenvalue weighted by molar-refractivity contribution is -0.120. The summed E-state index contributed by atoms with van der Waals surface area (Å²) >= 11 is 0. The molecule has 1 amide bonds. The summed E-state index contributed by atoms with van der Waals surface area (Å²) in [7, 11) is 0. The first kappa shape index (κ1) is 14.3. The summed E-state index contributed by atoms with van der Waals surface area (Å²) in [6.45, 7) is 1.98. The highest BCUT2D eigenvalue weighted by atomic mass is 16.2. The molecule has 110 valence electrons. The van der Waals surface area contributed by atoms with Gasteiger partial charge in [-0.2, -0.15) is 5.26 Å². The maximum Gasteiger partial charge on any atom is 0.244 e. The molecule has 0 bridgehead atoms. The van der Waals surface area contributed by atoms with Crippen molar-refractivity contribution in [1.82, 2.24) is 0 Å². The van der Waals surface area contributed by atoms with Crippen LogP contribution >= 0.6 is 0 Å². The molecule has 0 unspecified atom stereocenters. The zero-order chi connectivity index (χ0) is 15.7. The van der Waals surface area contributed by atoms with Crippen molar-refractivity contribution in [2.45, 2.75) is 25.4 Å². The van der Waals surface area contributed by atoms with Crippen molar-refractivity contribution in [1.29, 1.82) is 5.26 Å². The van der Waals surface area contributed by atoms with Gasteiger partial charge in [0.05, 0.1) is 23.7 Å². The Labute approximate surface area is 129 Å². The third-order valence-corrected chi connectivity index (χ3v) is 4.14. The van der Waals surface area contributed by atoms with Gasteiger partial charge in [0, 0.05) is 5.69 Å². The van der Waals surface area contributed by atoms with Gasteiger partial charge in [-0.05, 0) is 36.6 Å². The van der Waals surface area contributed by atoms with Crippen LogP contribution in [0.3, 0.4) is 0 Å². The van der Waals surface area contributed by atoms with Crippen LogP contribution in [0.25, 0.3) is 0 Å². The third-order valence-electron chi connectivity index (χ3n) is 4.14. The Morgan fingerprint density at radius 3 is 2.68 bits per heavy atom. The minimum Gasteiger partial charge on any atom is -0.320 e. The second kappa shape index (κ2) is 5.63. The summed E-state index contributed by atoms with van der Waals surface area (Å²) in [6.07, 6.45) is 0.512. The fraction of sp³-hybridized carbons (Fsp3) is 0.222. The van der Waals surface area contributed by atoms with Crippen molar-refractivity contribution >= 4 is 11.6 Å². The first-order valence-electron chi connectivity index (χ1n) is 7.28. The maximum atomic E-state index is 12.6. The Kier molecular flexibility index (Phi) is 3.66. The Bertz CT molecular complexity index is 749. The first-order chi connectivity index (χ1) is 10.6.